The van der Waals surface area contributed by atoms with Crippen LogP contribution in [0.3, 0.4) is 0 Å². The smallest absolute Gasteiger partial charge is 0.0467 e. The Bertz CT molecular complexity index is 2290. The Morgan fingerprint density at radius 1 is 0.213 bits per heavy atom. The van der Waals surface area contributed by atoms with E-state index >= 15 is 0 Å². The van der Waals surface area contributed by atoms with E-state index in [0.717, 1.165) is 17.1 Å². The first-order valence-corrected chi connectivity index (χ1v) is 16.1. The van der Waals surface area contributed by atoms with Crippen molar-refractivity contribution in [2.75, 3.05) is 4.90 Å². The van der Waals surface area contributed by atoms with Gasteiger partial charge in [-0.2, -0.15) is 0 Å². The van der Waals surface area contributed by atoms with Crippen LogP contribution in [-0.4, -0.2) is 0 Å². The van der Waals surface area contributed by atoms with Crippen LogP contribution in [-0.2, 0) is 0 Å². The van der Waals surface area contributed by atoms with Crippen molar-refractivity contribution in [2.24, 2.45) is 0 Å². The molecular formula is C46H33N. The van der Waals surface area contributed by atoms with Crippen LogP contribution < -0.4 is 4.90 Å². The molecule has 0 atom stereocenters. The normalized spacial score (nSPS) is 11.0. The highest BCUT2D eigenvalue weighted by Crippen LogP contribution is 2.38. The molecule has 0 saturated carbocycles. The molecule has 0 unspecified atom stereocenters. The number of para-hydroxylation sites is 1. The van der Waals surface area contributed by atoms with E-state index in [0.29, 0.717) is 0 Å². The van der Waals surface area contributed by atoms with Crippen molar-refractivity contribution in [3.63, 3.8) is 0 Å². The molecular weight excluding hydrogens is 567 g/mol. The van der Waals surface area contributed by atoms with Crippen molar-refractivity contribution in [3.8, 4) is 44.5 Å². The summed E-state index contributed by atoms with van der Waals surface area (Å²) in [5, 5.41) is 2.52. The molecule has 8 aromatic rings. The van der Waals surface area contributed by atoms with E-state index in [-0.39, 0.29) is 0 Å². The van der Waals surface area contributed by atoms with Crippen LogP contribution >= 0.6 is 0 Å². The fourth-order valence-electron chi connectivity index (χ4n) is 6.41. The van der Waals surface area contributed by atoms with Crippen LogP contribution in [0, 0.1) is 0 Å². The molecule has 0 aliphatic rings. The van der Waals surface area contributed by atoms with Gasteiger partial charge in [0.05, 0.1) is 0 Å². The molecule has 1 heteroatoms. The Balaban J connectivity index is 1.11. The zero-order valence-electron chi connectivity index (χ0n) is 26.0. The highest BCUT2D eigenvalue weighted by atomic mass is 15.1. The van der Waals surface area contributed by atoms with Crippen molar-refractivity contribution < 1.29 is 0 Å². The van der Waals surface area contributed by atoms with Gasteiger partial charge in [0.25, 0.3) is 0 Å². The average Bonchev–Trinajstić information content (AvgIpc) is 3.16. The zero-order valence-corrected chi connectivity index (χ0v) is 26.0. The van der Waals surface area contributed by atoms with Gasteiger partial charge in [0.1, 0.15) is 0 Å². The van der Waals surface area contributed by atoms with Crippen LogP contribution in [0.25, 0.3) is 55.3 Å². The van der Waals surface area contributed by atoms with Crippen molar-refractivity contribution in [3.05, 3.63) is 200 Å². The van der Waals surface area contributed by atoms with Crippen molar-refractivity contribution >= 4 is 27.8 Å². The quantitative estimate of drug-likeness (QED) is 0.176. The second-order valence-corrected chi connectivity index (χ2v) is 11.9. The maximum Gasteiger partial charge on any atom is 0.0467 e. The third-order valence-electron chi connectivity index (χ3n) is 8.83. The Kier molecular flexibility index (Phi) is 7.63. The van der Waals surface area contributed by atoms with Gasteiger partial charge in [-0.1, -0.05) is 146 Å². The van der Waals surface area contributed by atoms with Gasteiger partial charge in [-0.15, -0.1) is 0 Å². The van der Waals surface area contributed by atoms with Crippen LogP contribution in [0.2, 0.25) is 0 Å². The predicted molar refractivity (Wildman–Crippen MR) is 200 cm³/mol. The molecule has 1 nitrogen and oxygen atoms in total. The summed E-state index contributed by atoms with van der Waals surface area (Å²) in [4.78, 5) is 2.32. The van der Waals surface area contributed by atoms with Gasteiger partial charge in [-0.05, 0) is 110 Å². The zero-order chi connectivity index (χ0) is 31.4. The fraction of sp³-hybridized carbons (Fsp3) is 0. The third kappa shape index (κ3) is 5.95. The Hall–Kier alpha value is -6.18. The summed E-state index contributed by atoms with van der Waals surface area (Å²) in [6.07, 6.45) is 0. The number of anilines is 3. The maximum atomic E-state index is 2.32. The predicted octanol–water partition coefficient (Wildman–Crippen LogP) is 13.0. The van der Waals surface area contributed by atoms with E-state index in [1.165, 1.54) is 55.3 Å². The summed E-state index contributed by atoms with van der Waals surface area (Å²) in [6.45, 7) is 0. The van der Waals surface area contributed by atoms with Gasteiger partial charge < -0.3 is 4.90 Å². The summed E-state index contributed by atoms with van der Waals surface area (Å²) < 4.78 is 0. The molecule has 0 aromatic heterocycles. The second kappa shape index (κ2) is 12.7. The van der Waals surface area contributed by atoms with Crippen molar-refractivity contribution in [2.45, 2.75) is 0 Å². The van der Waals surface area contributed by atoms with Gasteiger partial charge in [-0.3, -0.25) is 0 Å². The summed E-state index contributed by atoms with van der Waals surface area (Å²) in [5.74, 6) is 0. The summed E-state index contributed by atoms with van der Waals surface area (Å²) in [7, 11) is 0. The molecule has 0 spiro atoms. The molecule has 8 aromatic carbocycles. The minimum absolute atomic E-state index is 1.12. The van der Waals surface area contributed by atoms with Gasteiger partial charge in [-0.25, -0.2) is 0 Å². The van der Waals surface area contributed by atoms with Crippen LogP contribution in [0.15, 0.2) is 200 Å². The Morgan fingerprint density at radius 3 is 1.28 bits per heavy atom. The molecule has 0 N–H and O–H groups in total. The Morgan fingerprint density at radius 2 is 0.617 bits per heavy atom. The Labute approximate surface area is 276 Å². The first kappa shape index (κ1) is 28.3. The number of nitrogens with zero attached hydrogens (tertiary/aromatic N) is 1. The minimum atomic E-state index is 1.12. The number of rotatable bonds is 7. The number of benzene rings is 8. The van der Waals surface area contributed by atoms with E-state index in [4.69, 9.17) is 0 Å². The first-order valence-electron chi connectivity index (χ1n) is 16.1. The molecule has 0 saturated heterocycles. The molecule has 0 bridgehead atoms. The van der Waals surface area contributed by atoms with E-state index in [1.807, 2.05) is 0 Å². The molecule has 0 amide bonds. The lowest BCUT2D eigenvalue weighted by atomic mass is 9.95. The van der Waals surface area contributed by atoms with Gasteiger partial charge in [0, 0.05) is 17.1 Å². The fourth-order valence-corrected chi connectivity index (χ4v) is 6.41. The van der Waals surface area contributed by atoms with Gasteiger partial charge in [0.2, 0.25) is 0 Å². The largest absolute Gasteiger partial charge is 0.310 e. The monoisotopic (exact) mass is 599 g/mol. The number of fused-ring (bicyclic) bond motifs is 1. The van der Waals surface area contributed by atoms with Gasteiger partial charge >= 0.3 is 0 Å². The van der Waals surface area contributed by atoms with Gasteiger partial charge in [0.15, 0.2) is 0 Å². The van der Waals surface area contributed by atoms with E-state index in [1.54, 1.807) is 0 Å². The highest BCUT2D eigenvalue weighted by Gasteiger charge is 2.14. The minimum Gasteiger partial charge on any atom is -0.310 e. The summed E-state index contributed by atoms with van der Waals surface area (Å²) >= 11 is 0. The average molecular weight is 600 g/mol. The SMILES string of the molecule is c1ccc(-c2cccc(N(c3ccccc3)c3ccc(-c4cccc(-c5cccc(-c6ccc7ccccc7c6)c5)c4)cc3)c2)cc1. The van der Waals surface area contributed by atoms with Crippen molar-refractivity contribution in [1.82, 2.24) is 0 Å². The molecule has 0 fully saturated rings. The number of hydrogen-bond donors (Lipinski definition) is 0. The van der Waals surface area contributed by atoms with Crippen LogP contribution in [0.5, 0.6) is 0 Å². The molecule has 47 heavy (non-hydrogen) atoms. The van der Waals surface area contributed by atoms with E-state index in [2.05, 4.69) is 205 Å². The third-order valence-corrected chi connectivity index (χ3v) is 8.83. The highest BCUT2D eigenvalue weighted by molar-refractivity contribution is 5.88. The molecule has 0 heterocycles. The molecule has 0 radical (unpaired) electrons. The first-order chi connectivity index (χ1) is 23.3. The standard InChI is InChI=1S/C46H33N/c1-3-12-34(13-4-1)42-20-11-23-46(33-42)47(44-21-5-2-6-22-44)45-28-26-36(27-29-45)38-16-9-17-39(30-38)40-18-10-19-41(32-40)43-25-24-35-14-7-8-15-37(35)31-43/h1-33H. The summed E-state index contributed by atoms with van der Waals surface area (Å²) in [6, 6.07) is 71.8. The maximum absolute atomic E-state index is 2.32. The van der Waals surface area contributed by atoms with Crippen molar-refractivity contribution in [1.29, 1.82) is 0 Å². The molecule has 222 valence electrons. The summed E-state index contributed by atoms with van der Waals surface area (Å²) in [5.41, 5.74) is 13.0. The lowest BCUT2D eigenvalue weighted by Gasteiger charge is -2.26. The number of hydrogen-bond acceptors (Lipinski definition) is 1. The topological polar surface area (TPSA) is 3.24 Å². The lowest BCUT2D eigenvalue weighted by Crippen LogP contribution is -2.09. The van der Waals surface area contributed by atoms with E-state index < -0.39 is 0 Å². The van der Waals surface area contributed by atoms with E-state index in [9.17, 15) is 0 Å². The molecule has 0 aliphatic carbocycles. The molecule has 0 aliphatic heterocycles. The lowest BCUT2D eigenvalue weighted by molar-refractivity contribution is 1.28. The molecule has 8 rings (SSSR count). The van der Waals surface area contributed by atoms with Crippen LogP contribution in [0.4, 0.5) is 17.1 Å². The second-order valence-electron chi connectivity index (χ2n) is 11.9. The van der Waals surface area contributed by atoms with Crippen LogP contribution in [0.1, 0.15) is 0 Å².